The summed E-state index contributed by atoms with van der Waals surface area (Å²) in [5.41, 5.74) is -0.692. The van der Waals surface area contributed by atoms with Gasteiger partial charge in [0.2, 0.25) is 0 Å². The number of methoxy groups -OCH3 is 1. The number of carboxylic acid groups (broad SMARTS) is 1. The first-order valence-electron chi connectivity index (χ1n) is 6.77. The van der Waals surface area contributed by atoms with E-state index in [1.54, 1.807) is 20.8 Å². The Kier molecular flexibility index (Phi) is 5.89. The van der Waals surface area contributed by atoms with Gasteiger partial charge in [0.05, 0.1) is 7.11 Å². The summed E-state index contributed by atoms with van der Waals surface area (Å²) in [5, 5.41) is 11.4. The normalized spacial score (nSPS) is 12.4. The van der Waals surface area contributed by atoms with Crippen LogP contribution in [0.1, 0.15) is 26.3 Å². The molecule has 0 aliphatic carbocycles. The van der Waals surface area contributed by atoms with Gasteiger partial charge in [-0.2, -0.15) is 0 Å². The van der Waals surface area contributed by atoms with E-state index in [1.165, 1.54) is 7.11 Å². The zero-order chi connectivity index (χ0) is 17.8. The van der Waals surface area contributed by atoms with Crippen LogP contribution in [0, 0.1) is 11.6 Å². The number of carbonyl (C=O) groups is 2. The van der Waals surface area contributed by atoms with Gasteiger partial charge in [0, 0.05) is 12.5 Å². The number of carboxylic acids is 1. The molecular weight excluding hydrogens is 312 g/mol. The second-order valence-electron chi connectivity index (χ2n) is 5.82. The molecule has 0 aromatic heterocycles. The Morgan fingerprint density at radius 2 is 1.83 bits per heavy atom. The van der Waals surface area contributed by atoms with E-state index < -0.39 is 35.3 Å². The zero-order valence-electron chi connectivity index (χ0n) is 13.3. The lowest BCUT2D eigenvalue weighted by atomic mass is 10.0. The fourth-order valence-electron chi connectivity index (χ4n) is 1.79. The van der Waals surface area contributed by atoms with Crippen molar-refractivity contribution in [3.8, 4) is 5.75 Å². The van der Waals surface area contributed by atoms with Crippen molar-refractivity contribution in [2.75, 3.05) is 7.11 Å². The molecule has 128 valence electrons. The summed E-state index contributed by atoms with van der Waals surface area (Å²) in [4.78, 5) is 23.0. The van der Waals surface area contributed by atoms with Crippen molar-refractivity contribution in [2.24, 2.45) is 0 Å². The molecule has 0 aliphatic heterocycles. The number of amides is 1. The van der Waals surface area contributed by atoms with Gasteiger partial charge in [-0.05, 0) is 32.4 Å². The monoisotopic (exact) mass is 331 g/mol. The molecule has 23 heavy (non-hydrogen) atoms. The quantitative estimate of drug-likeness (QED) is 0.866. The maximum atomic E-state index is 13.3. The summed E-state index contributed by atoms with van der Waals surface area (Å²) in [6.45, 7) is 4.88. The molecule has 0 aliphatic rings. The maximum absolute atomic E-state index is 13.3. The molecule has 0 radical (unpaired) electrons. The molecule has 0 heterocycles. The van der Waals surface area contributed by atoms with Gasteiger partial charge in [-0.3, -0.25) is 0 Å². The number of halogens is 2. The standard InChI is InChI=1S/C15H19F2NO5/c1-15(2,3)23-14(21)18-11(13(19)20)6-8-5-9(16)10(17)7-12(8)22-4/h5,7,11H,6H2,1-4H3,(H,18,21)(H,19,20). The van der Waals surface area contributed by atoms with E-state index in [0.717, 1.165) is 12.1 Å². The van der Waals surface area contributed by atoms with Gasteiger partial charge < -0.3 is 19.9 Å². The Hall–Kier alpha value is -2.38. The molecule has 0 fully saturated rings. The van der Waals surface area contributed by atoms with Gasteiger partial charge in [0.1, 0.15) is 17.4 Å². The van der Waals surface area contributed by atoms with Crippen LogP contribution >= 0.6 is 0 Å². The molecule has 1 aromatic carbocycles. The van der Waals surface area contributed by atoms with Gasteiger partial charge in [-0.15, -0.1) is 0 Å². The topological polar surface area (TPSA) is 84.9 Å². The van der Waals surface area contributed by atoms with E-state index in [9.17, 15) is 23.5 Å². The van der Waals surface area contributed by atoms with Crippen LogP contribution < -0.4 is 10.1 Å². The van der Waals surface area contributed by atoms with Crippen LogP contribution in [0.2, 0.25) is 0 Å². The number of ether oxygens (including phenoxy) is 2. The number of carbonyl (C=O) groups excluding carboxylic acids is 1. The predicted octanol–water partition coefficient (Wildman–Crippen LogP) is 2.49. The van der Waals surface area contributed by atoms with Crippen molar-refractivity contribution in [3.05, 3.63) is 29.3 Å². The molecule has 6 nitrogen and oxygen atoms in total. The van der Waals surface area contributed by atoms with Crippen LogP contribution in [0.4, 0.5) is 13.6 Å². The third kappa shape index (κ3) is 5.72. The zero-order valence-corrected chi connectivity index (χ0v) is 13.3. The number of nitrogens with one attached hydrogen (secondary N) is 1. The van der Waals surface area contributed by atoms with Crippen molar-refractivity contribution in [2.45, 2.75) is 38.8 Å². The van der Waals surface area contributed by atoms with E-state index in [-0.39, 0.29) is 17.7 Å². The van der Waals surface area contributed by atoms with Crippen molar-refractivity contribution in [3.63, 3.8) is 0 Å². The molecule has 1 amide bonds. The summed E-state index contributed by atoms with van der Waals surface area (Å²) >= 11 is 0. The number of alkyl carbamates (subject to hydrolysis) is 1. The summed E-state index contributed by atoms with van der Waals surface area (Å²) in [6.07, 6.45) is -1.22. The minimum absolute atomic E-state index is 0.0128. The Balaban J connectivity index is 2.95. The second kappa shape index (κ2) is 7.26. The number of rotatable bonds is 5. The number of hydrogen-bond acceptors (Lipinski definition) is 4. The van der Waals surface area contributed by atoms with Gasteiger partial charge in [0.15, 0.2) is 11.6 Å². The third-order valence-corrected chi connectivity index (χ3v) is 2.74. The molecule has 1 aromatic rings. The summed E-state index contributed by atoms with van der Waals surface area (Å²) in [7, 11) is 1.24. The highest BCUT2D eigenvalue weighted by Gasteiger charge is 2.26. The smallest absolute Gasteiger partial charge is 0.408 e. The van der Waals surface area contributed by atoms with Crippen LogP contribution in [0.25, 0.3) is 0 Å². The van der Waals surface area contributed by atoms with Crippen molar-refractivity contribution in [1.82, 2.24) is 5.32 Å². The number of hydrogen-bond donors (Lipinski definition) is 2. The lowest BCUT2D eigenvalue weighted by Crippen LogP contribution is -2.44. The fraction of sp³-hybridized carbons (Fsp3) is 0.467. The van der Waals surface area contributed by atoms with E-state index in [0.29, 0.717) is 0 Å². The molecule has 1 unspecified atom stereocenters. The van der Waals surface area contributed by atoms with Gasteiger partial charge >= 0.3 is 12.1 Å². The Morgan fingerprint density at radius 1 is 1.26 bits per heavy atom. The SMILES string of the molecule is COc1cc(F)c(F)cc1CC(NC(=O)OC(C)(C)C)C(=O)O. The van der Waals surface area contributed by atoms with Crippen LogP contribution in [-0.4, -0.2) is 35.9 Å². The van der Waals surface area contributed by atoms with Crippen molar-refractivity contribution < 1.29 is 33.0 Å². The predicted molar refractivity (Wildman–Crippen MR) is 77.4 cm³/mol. The Morgan fingerprint density at radius 3 is 2.30 bits per heavy atom. The second-order valence-corrected chi connectivity index (χ2v) is 5.82. The first kappa shape index (κ1) is 18.7. The minimum Gasteiger partial charge on any atom is -0.496 e. The molecular formula is C15H19F2NO5. The highest BCUT2D eigenvalue weighted by molar-refractivity contribution is 5.80. The lowest BCUT2D eigenvalue weighted by molar-refractivity contribution is -0.139. The lowest BCUT2D eigenvalue weighted by Gasteiger charge is -2.22. The van der Waals surface area contributed by atoms with E-state index >= 15 is 0 Å². The van der Waals surface area contributed by atoms with Crippen LogP contribution in [0.3, 0.4) is 0 Å². The van der Waals surface area contributed by atoms with Crippen molar-refractivity contribution >= 4 is 12.1 Å². The molecule has 1 rings (SSSR count). The first-order valence-corrected chi connectivity index (χ1v) is 6.77. The third-order valence-electron chi connectivity index (χ3n) is 2.74. The Bertz CT molecular complexity index is 598. The summed E-state index contributed by atoms with van der Waals surface area (Å²) in [6, 6.07) is 0.265. The molecule has 0 saturated heterocycles. The summed E-state index contributed by atoms with van der Waals surface area (Å²) < 4.78 is 36.4. The highest BCUT2D eigenvalue weighted by atomic mass is 19.2. The highest BCUT2D eigenvalue weighted by Crippen LogP contribution is 2.23. The fourth-order valence-corrected chi connectivity index (χ4v) is 1.79. The van der Waals surface area contributed by atoms with E-state index in [2.05, 4.69) is 5.32 Å². The molecule has 2 N–H and O–H groups in total. The number of benzene rings is 1. The van der Waals surface area contributed by atoms with Gasteiger partial charge in [-0.1, -0.05) is 0 Å². The average Bonchev–Trinajstić information content (AvgIpc) is 2.39. The van der Waals surface area contributed by atoms with Gasteiger partial charge in [-0.25, -0.2) is 18.4 Å². The van der Waals surface area contributed by atoms with E-state index in [4.69, 9.17) is 9.47 Å². The van der Waals surface area contributed by atoms with E-state index in [1.807, 2.05) is 0 Å². The number of aliphatic carboxylic acids is 1. The maximum Gasteiger partial charge on any atom is 0.408 e. The molecule has 0 spiro atoms. The summed E-state index contributed by atoms with van der Waals surface area (Å²) in [5.74, 6) is -3.61. The molecule has 0 saturated carbocycles. The van der Waals surface area contributed by atoms with Gasteiger partial charge in [0.25, 0.3) is 0 Å². The van der Waals surface area contributed by atoms with Crippen molar-refractivity contribution in [1.29, 1.82) is 0 Å². The minimum atomic E-state index is -1.39. The van der Waals surface area contributed by atoms with Crippen LogP contribution in [0.15, 0.2) is 12.1 Å². The van der Waals surface area contributed by atoms with Crippen LogP contribution in [0.5, 0.6) is 5.75 Å². The Labute approximate surface area is 132 Å². The molecule has 8 heteroatoms. The van der Waals surface area contributed by atoms with Crippen LogP contribution in [-0.2, 0) is 16.0 Å². The molecule has 1 atom stereocenters. The average molecular weight is 331 g/mol. The first-order chi connectivity index (χ1) is 10.5. The molecule has 0 bridgehead atoms. The largest absolute Gasteiger partial charge is 0.496 e.